The van der Waals surface area contributed by atoms with Crippen molar-refractivity contribution in [1.82, 2.24) is 9.78 Å². The molecule has 0 radical (unpaired) electrons. The van der Waals surface area contributed by atoms with Crippen LogP contribution in [0.4, 0.5) is 19.0 Å². The van der Waals surface area contributed by atoms with E-state index in [1.54, 1.807) is 6.92 Å². The standard InChI is InChI=1S/C13H11ClF3N3O2/c1-2-22-12(21)10-6-11(18)20(19-10)7-3-4-9(14)8(5-7)13(15,16)17/h3-6H,2,18H2,1H3. The van der Waals surface area contributed by atoms with E-state index in [1.807, 2.05) is 0 Å². The van der Waals surface area contributed by atoms with Crippen molar-refractivity contribution < 1.29 is 22.7 Å². The molecule has 0 fully saturated rings. The minimum Gasteiger partial charge on any atom is -0.461 e. The number of benzene rings is 1. The van der Waals surface area contributed by atoms with Crippen molar-refractivity contribution in [3.05, 3.63) is 40.5 Å². The van der Waals surface area contributed by atoms with Gasteiger partial charge in [0.15, 0.2) is 5.69 Å². The zero-order valence-electron chi connectivity index (χ0n) is 11.3. The molecule has 0 unspecified atom stereocenters. The maximum atomic E-state index is 12.9. The third-order valence-electron chi connectivity index (χ3n) is 2.72. The summed E-state index contributed by atoms with van der Waals surface area (Å²) in [5.41, 5.74) is 4.61. The second-order valence-electron chi connectivity index (χ2n) is 4.25. The molecule has 0 atom stereocenters. The first-order chi connectivity index (χ1) is 10.2. The maximum Gasteiger partial charge on any atom is 0.417 e. The molecular formula is C13H11ClF3N3O2. The first-order valence-electron chi connectivity index (χ1n) is 6.13. The topological polar surface area (TPSA) is 70.1 Å². The van der Waals surface area contributed by atoms with Crippen LogP contribution in [0.1, 0.15) is 23.0 Å². The quantitative estimate of drug-likeness (QED) is 0.875. The number of esters is 1. The van der Waals surface area contributed by atoms with Gasteiger partial charge >= 0.3 is 12.1 Å². The first-order valence-corrected chi connectivity index (χ1v) is 6.51. The van der Waals surface area contributed by atoms with Gasteiger partial charge in [-0.3, -0.25) is 0 Å². The minimum absolute atomic E-state index is 0.00139. The summed E-state index contributed by atoms with van der Waals surface area (Å²) in [6, 6.07) is 4.43. The monoisotopic (exact) mass is 333 g/mol. The summed E-state index contributed by atoms with van der Waals surface area (Å²) in [5, 5.41) is 3.42. The molecular weight excluding hydrogens is 323 g/mol. The van der Waals surface area contributed by atoms with Gasteiger partial charge in [0.2, 0.25) is 0 Å². The lowest BCUT2D eigenvalue weighted by Crippen LogP contribution is -2.10. The van der Waals surface area contributed by atoms with E-state index in [1.165, 1.54) is 12.1 Å². The Morgan fingerprint density at radius 2 is 2.09 bits per heavy atom. The number of anilines is 1. The second kappa shape index (κ2) is 5.88. The number of aromatic nitrogens is 2. The van der Waals surface area contributed by atoms with Gasteiger partial charge in [0.25, 0.3) is 0 Å². The molecule has 2 aromatic rings. The summed E-state index contributed by atoms with van der Waals surface area (Å²) in [4.78, 5) is 11.6. The lowest BCUT2D eigenvalue weighted by Gasteiger charge is -2.11. The number of carbonyl (C=O) groups is 1. The average molecular weight is 334 g/mol. The second-order valence-corrected chi connectivity index (χ2v) is 4.66. The molecule has 0 aliphatic heterocycles. The third kappa shape index (κ3) is 3.16. The Bertz CT molecular complexity index is 713. The predicted octanol–water partition coefficient (Wildman–Crippen LogP) is 3.30. The smallest absolute Gasteiger partial charge is 0.417 e. The Hall–Kier alpha value is -2.22. The van der Waals surface area contributed by atoms with Crippen LogP contribution < -0.4 is 5.73 Å². The molecule has 22 heavy (non-hydrogen) atoms. The fourth-order valence-electron chi connectivity index (χ4n) is 1.77. The highest BCUT2D eigenvalue weighted by molar-refractivity contribution is 6.31. The summed E-state index contributed by atoms with van der Waals surface area (Å²) in [6.07, 6.45) is -4.61. The van der Waals surface area contributed by atoms with Crippen LogP contribution in [0.15, 0.2) is 24.3 Å². The molecule has 0 saturated carbocycles. The molecule has 1 aromatic heterocycles. The summed E-state index contributed by atoms with van der Waals surface area (Å²) in [7, 11) is 0. The van der Waals surface area contributed by atoms with Crippen LogP contribution in [0.25, 0.3) is 5.69 Å². The summed E-state index contributed by atoms with van der Waals surface area (Å²) < 4.78 is 44.3. The van der Waals surface area contributed by atoms with Crippen LogP contribution in [-0.4, -0.2) is 22.4 Å². The number of halogens is 4. The number of carbonyl (C=O) groups excluding carboxylic acids is 1. The van der Waals surface area contributed by atoms with Gasteiger partial charge in [-0.15, -0.1) is 0 Å². The molecule has 0 amide bonds. The molecule has 9 heteroatoms. The van der Waals surface area contributed by atoms with Crippen molar-refractivity contribution in [2.45, 2.75) is 13.1 Å². The van der Waals surface area contributed by atoms with Gasteiger partial charge in [-0.1, -0.05) is 11.6 Å². The number of nitrogens with two attached hydrogens (primary N) is 1. The fourth-order valence-corrected chi connectivity index (χ4v) is 1.99. The lowest BCUT2D eigenvalue weighted by molar-refractivity contribution is -0.137. The number of alkyl halides is 3. The van der Waals surface area contributed by atoms with Crippen molar-refractivity contribution in [3.8, 4) is 5.69 Å². The van der Waals surface area contributed by atoms with E-state index in [2.05, 4.69) is 5.10 Å². The van der Waals surface area contributed by atoms with E-state index in [0.29, 0.717) is 0 Å². The summed E-state index contributed by atoms with van der Waals surface area (Å²) >= 11 is 5.55. The van der Waals surface area contributed by atoms with Crippen molar-refractivity contribution >= 4 is 23.4 Å². The van der Waals surface area contributed by atoms with Crippen LogP contribution in [0.3, 0.4) is 0 Å². The first kappa shape index (κ1) is 16.2. The number of hydrogen-bond donors (Lipinski definition) is 1. The number of rotatable bonds is 3. The molecule has 5 nitrogen and oxygen atoms in total. The molecule has 0 aliphatic carbocycles. The number of hydrogen-bond acceptors (Lipinski definition) is 4. The summed E-state index contributed by atoms with van der Waals surface area (Å²) in [6.45, 7) is 1.76. The fraction of sp³-hybridized carbons (Fsp3) is 0.231. The highest BCUT2D eigenvalue weighted by Crippen LogP contribution is 2.36. The van der Waals surface area contributed by atoms with E-state index in [9.17, 15) is 18.0 Å². The van der Waals surface area contributed by atoms with Crippen LogP contribution in [-0.2, 0) is 10.9 Å². The Kier molecular flexibility index (Phi) is 4.32. The van der Waals surface area contributed by atoms with Crippen LogP contribution >= 0.6 is 11.6 Å². The largest absolute Gasteiger partial charge is 0.461 e. The molecule has 2 N–H and O–H groups in total. The molecule has 2 rings (SSSR count). The van der Waals surface area contributed by atoms with Crippen molar-refractivity contribution in [2.75, 3.05) is 12.3 Å². The Morgan fingerprint density at radius 1 is 1.41 bits per heavy atom. The van der Waals surface area contributed by atoms with Gasteiger partial charge in [0, 0.05) is 6.07 Å². The Balaban J connectivity index is 2.47. The van der Waals surface area contributed by atoms with Crippen LogP contribution in [0.2, 0.25) is 5.02 Å². The van der Waals surface area contributed by atoms with Gasteiger partial charge in [0.05, 0.1) is 22.9 Å². The van der Waals surface area contributed by atoms with Crippen LogP contribution in [0, 0.1) is 0 Å². The van der Waals surface area contributed by atoms with Gasteiger partial charge in [-0.2, -0.15) is 18.3 Å². The van der Waals surface area contributed by atoms with E-state index in [4.69, 9.17) is 22.1 Å². The number of nitrogens with zero attached hydrogens (tertiary/aromatic N) is 2. The lowest BCUT2D eigenvalue weighted by atomic mass is 10.2. The zero-order chi connectivity index (χ0) is 16.5. The van der Waals surface area contributed by atoms with Crippen molar-refractivity contribution in [3.63, 3.8) is 0 Å². The molecule has 0 spiro atoms. The predicted molar refractivity (Wildman–Crippen MR) is 73.9 cm³/mol. The summed E-state index contributed by atoms with van der Waals surface area (Å²) in [5.74, 6) is -0.712. The van der Waals surface area contributed by atoms with Crippen LogP contribution in [0.5, 0.6) is 0 Å². The minimum atomic E-state index is -4.61. The van der Waals surface area contributed by atoms with Crippen molar-refractivity contribution in [2.24, 2.45) is 0 Å². The van der Waals surface area contributed by atoms with Gasteiger partial charge in [-0.05, 0) is 25.1 Å². The average Bonchev–Trinajstić information content (AvgIpc) is 2.80. The molecule has 0 bridgehead atoms. The molecule has 1 heterocycles. The SMILES string of the molecule is CCOC(=O)c1cc(N)n(-c2ccc(Cl)c(C(F)(F)F)c2)n1. The Morgan fingerprint density at radius 3 is 2.68 bits per heavy atom. The number of ether oxygens (including phenoxy) is 1. The van der Waals surface area contributed by atoms with Crippen molar-refractivity contribution in [1.29, 1.82) is 0 Å². The van der Waals surface area contributed by atoms with E-state index in [-0.39, 0.29) is 23.8 Å². The van der Waals surface area contributed by atoms with Gasteiger partial charge in [0.1, 0.15) is 5.82 Å². The third-order valence-corrected chi connectivity index (χ3v) is 3.05. The highest BCUT2D eigenvalue weighted by Gasteiger charge is 2.33. The molecule has 1 aromatic carbocycles. The normalized spacial score (nSPS) is 11.5. The zero-order valence-corrected chi connectivity index (χ0v) is 12.1. The van der Waals surface area contributed by atoms with Gasteiger partial charge in [-0.25, -0.2) is 9.48 Å². The molecule has 0 aliphatic rings. The molecule has 118 valence electrons. The van der Waals surface area contributed by atoms with E-state index in [0.717, 1.165) is 16.8 Å². The Labute approximate surface area is 128 Å². The highest BCUT2D eigenvalue weighted by atomic mass is 35.5. The number of nitrogen functional groups attached to an aromatic ring is 1. The van der Waals surface area contributed by atoms with E-state index >= 15 is 0 Å². The van der Waals surface area contributed by atoms with E-state index < -0.39 is 22.7 Å². The maximum absolute atomic E-state index is 12.9. The van der Waals surface area contributed by atoms with Gasteiger partial charge < -0.3 is 10.5 Å². The molecule has 0 saturated heterocycles.